The smallest absolute Gasteiger partial charge is 0.193 e. The van der Waals surface area contributed by atoms with Crippen LogP contribution in [0.4, 0.5) is 0 Å². The van der Waals surface area contributed by atoms with Crippen LogP contribution in [0.25, 0.3) is 5.65 Å². The van der Waals surface area contributed by atoms with Crippen LogP contribution in [0.2, 0.25) is 0 Å². The van der Waals surface area contributed by atoms with E-state index in [0.717, 1.165) is 43.4 Å². The van der Waals surface area contributed by atoms with Crippen LogP contribution < -0.4 is 5.32 Å². The number of nitrogens with zero attached hydrogens (tertiary/aromatic N) is 5. The lowest BCUT2D eigenvalue weighted by Gasteiger charge is -2.22. The molecule has 0 aliphatic rings. The minimum atomic E-state index is 0.751. The molecule has 0 saturated carbocycles. The molecule has 0 bridgehead atoms. The van der Waals surface area contributed by atoms with Gasteiger partial charge in [-0.15, -0.1) is 10.2 Å². The molecule has 1 N–H and O–H groups in total. The molecule has 6 nitrogen and oxygen atoms in total. The van der Waals surface area contributed by atoms with Crippen LogP contribution in [0.5, 0.6) is 0 Å². The van der Waals surface area contributed by atoms with Crippen molar-refractivity contribution >= 4 is 11.6 Å². The summed E-state index contributed by atoms with van der Waals surface area (Å²) in [6, 6.07) is 14.7. The van der Waals surface area contributed by atoms with Gasteiger partial charge < -0.3 is 10.2 Å². The molecule has 3 rings (SSSR count). The maximum absolute atomic E-state index is 4.39. The number of nitrogens with one attached hydrogen (secondary N) is 1. The summed E-state index contributed by atoms with van der Waals surface area (Å²) in [7, 11) is 3.86. The van der Waals surface area contributed by atoms with Crippen molar-refractivity contribution in [3.8, 4) is 0 Å². The Labute approximate surface area is 154 Å². The monoisotopic (exact) mass is 350 g/mol. The number of benzene rings is 1. The first-order valence-corrected chi connectivity index (χ1v) is 8.99. The SMILES string of the molecule is CCc1ccc(CN(C)C(=NC)NCCc2nnc3ccccn23)cc1. The molecular weight excluding hydrogens is 324 g/mol. The van der Waals surface area contributed by atoms with E-state index in [-0.39, 0.29) is 0 Å². The van der Waals surface area contributed by atoms with Gasteiger partial charge in [0.2, 0.25) is 0 Å². The Hall–Kier alpha value is -2.89. The summed E-state index contributed by atoms with van der Waals surface area (Å²) in [6.45, 7) is 3.74. The average Bonchev–Trinajstić information content (AvgIpc) is 3.09. The second-order valence-corrected chi connectivity index (χ2v) is 6.30. The molecule has 0 unspecified atom stereocenters. The number of pyridine rings is 1. The highest BCUT2D eigenvalue weighted by molar-refractivity contribution is 5.79. The molecule has 0 amide bonds. The third-order valence-electron chi connectivity index (χ3n) is 4.44. The molecule has 0 radical (unpaired) electrons. The van der Waals surface area contributed by atoms with E-state index in [1.807, 2.05) is 35.8 Å². The van der Waals surface area contributed by atoms with Crippen molar-refractivity contribution in [1.29, 1.82) is 0 Å². The third-order valence-corrected chi connectivity index (χ3v) is 4.44. The van der Waals surface area contributed by atoms with Crippen molar-refractivity contribution in [3.05, 3.63) is 65.6 Å². The first-order valence-electron chi connectivity index (χ1n) is 8.99. The fraction of sp³-hybridized carbons (Fsp3) is 0.350. The zero-order chi connectivity index (χ0) is 18.4. The topological polar surface area (TPSA) is 57.8 Å². The molecular formula is C20H26N6. The second-order valence-electron chi connectivity index (χ2n) is 6.30. The van der Waals surface area contributed by atoms with Gasteiger partial charge in [-0.2, -0.15) is 0 Å². The maximum atomic E-state index is 4.39. The fourth-order valence-electron chi connectivity index (χ4n) is 2.96. The predicted octanol–water partition coefficient (Wildman–Crippen LogP) is 2.54. The van der Waals surface area contributed by atoms with Gasteiger partial charge in [-0.05, 0) is 29.7 Å². The normalized spacial score (nSPS) is 11.7. The summed E-state index contributed by atoms with van der Waals surface area (Å²) in [5.41, 5.74) is 3.51. The van der Waals surface area contributed by atoms with Gasteiger partial charge in [-0.1, -0.05) is 37.3 Å². The number of aryl methyl sites for hydroxylation is 1. The minimum Gasteiger partial charge on any atom is -0.356 e. The lowest BCUT2D eigenvalue weighted by molar-refractivity contribution is 0.476. The van der Waals surface area contributed by atoms with Crippen molar-refractivity contribution in [1.82, 2.24) is 24.8 Å². The number of hydrogen-bond donors (Lipinski definition) is 1. The second kappa shape index (κ2) is 8.47. The standard InChI is InChI=1S/C20H26N6/c1-4-16-8-10-17(11-9-16)15-25(3)20(21-2)22-13-12-19-24-23-18-7-5-6-14-26(18)19/h5-11,14H,4,12-13,15H2,1-3H3,(H,21,22). The molecule has 0 atom stereocenters. The van der Waals surface area contributed by atoms with Gasteiger partial charge in [0.1, 0.15) is 5.82 Å². The number of hydrogen-bond acceptors (Lipinski definition) is 3. The molecule has 0 spiro atoms. The predicted molar refractivity (Wildman–Crippen MR) is 105 cm³/mol. The number of aliphatic imine (C=N–C) groups is 1. The van der Waals surface area contributed by atoms with Crippen LogP contribution in [-0.2, 0) is 19.4 Å². The van der Waals surface area contributed by atoms with E-state index in [1.54, 1.807) is 0 Å². The van der Waals surface area contributed by atoms with Gasteiger partial charge in [0.25, 0.3) is 0 Å². The number of rotatable bonds is 6. The van der Waals surface area contributed by atoms with E-state index in [4.69, 9.17) is 0 Å². The molecule has 6 heteroatoms. The molecule has 136 valence electrons. The zero-order valence-electron chi connectivity index (χ0n) is 15.7. The minimum absolute atomic E-state index is 0.751. The summed E-state index contributed by atoms with van der Waals surface area (Å²) in [5.74, 6) is 1.82. The molecule has 2 aromatic heterocycles. The average molecular weight is 350 g/mol. The van der Waals surface area contributed by atoms with Crippen molar-refractivity contribution in [2.24, 2.45) is 4.99 Å². The van der Waals surface area contributed by atoms with Gasteiger partial charge in [0.05, 0.1) is 0 Å². The molecule has 0 saturated heterocycles. The highest BCUT2D eigenvalue weighted by Crippen LogP contribution is 2.08. The van der Waals surface area contributed by atoms with Crippen molar-refractivity contribution in [2.75, 3.05) is 20.6 Å². The van der Waals surface area contributed by atoms with Gasteiger partial charge in [0.15, 0.2) is 11.6 Å². The number of aromatic nitrogens is 3. The number of fused-ring (bicyclic) bond motifs is 1. The summed E-state index contributed by atoms with van der Waals surface area (Å²) < 4.78 is 2.02. The van der Waals surface area contributed by atoms with Gasteiger partial charge in [-0.3, -0.25) is 9.39 Å². The largest absolute Gasteiger partial charge is 0.356 e. The summed E-state index contributed by atoms with van der Waals surface area (Å²) in [5, 5.41) is 11.9. The van der Waals surface area contributed by atoms with E-state index >= 15 is 0 Å². The van der Waals surface area contributed by atoms with E-state index in [2.05, 4.69) is 63.6 Å². The van der Waals surface area contributed by atoms with E-state index in [0.29, 0.717) is 0 Å². The Balaban J connectivity index is 1.55. The summed E-state index contributed by atoms with van der Waals surface area (Å²) >= 11 is 0. The van der Waals surface area contributed by atoms with Gasteiger partial charge in [0, 0.05) is 39.8 Å². The Kier molecular flexibility index (Phi) is 5.84. The van der Waals surface area contributed by atoms with Crippen LogP contribution in [-0.4, -0.2) is 46.1 Å². The Bertz CT molecular complexity index is 865. The van der Waals surface area contributed by atoms with Crippen molar-refractivity contribution in [2.45, 2.75) is 26.3 Å². The molecule has 1 aromatic carbocycles. The highest BCUT2D eigenvalue weighted by Gasteiger charge is 2.08. The maximum Gasteiger partial charge on any atom is 0.193 e. The first kappa shape index (κ1) is 17.9. The lowest BCUT2D eigenvalue weighted by Crippen LogP contribution is -2.39. The Morgan fingerprint density at radius 3 is 2.62 bits per heavy atom. The van der Waals surface area contributed by atoms with Gasteiger partial charge in [-0.25, -0.2) is 0 Å². The van der Waals surface area contributed by atoms with Crippen LogP contribution in [0, 0.1) is 0 Å². The van der Waals surface area contributed by atoms with Crippen molar-refractivity contribution in [3.63, 3.8) is 0 Å². The lowest BCUT2D eigenvalue weighted by atomic mass is 10.1. The highest BCUT2D eigenvalue weighted by atomic mass is 15.3. The van der Waals surface area contributed by atoms with Crippen LogP contribution >= 0.6 is 0 Å². The third kappa shape index (κ3) is 4.20. The molecule has 0 fully saturated rings. The van der Waals surface area contributed by atoms with Crippen molar-refractivity contribution < 1.29 is 0 Å². The summed E-state index contributed by atoms with van der Waals surface area (Å²) in [4.78, 5) is 6.52. The molecule has 0 aliphatic carbocycles. The van der Waals surface area contributed by atoms with E-state index in [9.17, 15) is 0 Å². The molecule has 0 aliphatic heterocycles. The Morgan fingerprint density at radius 1 is 1.12 bits per heavy atom. The zero-order valence-corrected chi connectivity index (χ0v) is 15.7. The van der Waals surface area contributed by atoms with E-state index < -0.39 is 0 Å². The number of guanidine groups is 1. The van der Waals surface area contributed by atoms with Crippen LogP contribution in [0.1, 0.15) is 23.9 Å². The first-order chi connectivity index (χ1) is 12.7. The van der Waals surface area contributed by atoms with E-state index in [1.165, 1.54) is 11.1 Å². The quantitative estimate of drug-likeness (QED) is 0.548. The van der Waals surface area contributed by atoms with Gasteiger partial charge >= 0.3 is 0 Å². The fourth-order valence-corrected chi connectivity index (χ4v) is 2.96. The molecule has 26 heavy (non-hydrogen) atoms. The van der Waals surface area contributed by atoms with Crippen LogP contribution in [0.15, 0.2) is 53.7 Å². The Morgan fingerprint density at radius 2 is 1.88 bits per heavy atom. The molecule has 3 aromatic rings. The molecule has 2 heterocycles. The van der Waals surface area contributed by atoms with Crippen LogP contribution in [0.3, 0.4) is 0 Å². The summed E-state index contributed by atoms with van der Waals surface area (Å²) in [6.07, 6.45) is 3.84.